The molecule has 0 saturated carbocycles. The molecule has 1 aliphatic heterocycles. The summed E-state index contributed by atoms with van der Waals surface area (Å²) in [4.78, 5) is 28.4. The molecule has 1 saturated heterocycles. The van der Waals surface area contributed by atoms with Crippen LogP contribution in [-0.2, 0) is 16.0 Å². The van der Waals surface area contributed by atoms with Gasteiger partial charge in [0.05, 0.1) is 6.42 Å². The Morgan fingerprint density at radius 1 is 1.32 bits per heavy atom. The molecule has 0 spiro atoms. The SMILES string of the molecule is CCN(CC)C(=O)[C@H]1CCCN1C(=O)Cc1cccc(F)c1. The number of likely N-dealkylation sites (tertiary alicyclic amines) is 1. The van der Waals surface area contributed by atoms with Gasteiger partial charge in [0.25, 0.3) is 0 Å². The van der Waals surface area contributed by atoms with Gasteiger partial charge < -0.3 is 9.80 Å². The molecular weight excluding hydrogens is 283 g/mol. The minimum Gasteiger partial charge on any atom is -0.341 e. The Balaban J connectivity index is 2.06. The average Bonchev–Trinajstić information content (AvgIpc) is 2.98. The van der Waals surface area contributed by atoms with E-state index in [1.54, 1.807) is 21.9 Å². The molecule has 22 heavy (non-hydrogen) atoms. The van der Waals surface area contributed by atoms with Gasteiger partial charge in [-0.25, -0.2) is 4.39 Å². The lowest BCUT2D eigenvalue weighted by atomic mass is 10.1. The standard InChI is InChI=1S/C17H23FN2O2/c1-3-19(4-2)17(22)15-9-6-10-20(15)16(21)12-13-7-5-8-14(18)11-13/h5,7-8,11,15H,3-4,6,9-10,12H2,1-2H3/t15-/m1/s1. The molecule has 0 unspecified atom stereocenters. The summed E-state index contributed by atoms with van der Waals surface area (Å²) in [6, 6.07) is 5.70. The highest BCUT2D eigenvalue weighted by Gasteiger charge is 2.35. The van der Waals surface area contributed by atoms with Gasteiger partial charge in [-0.2, -0.15) is 0 Å². The third-order valence-electron chi connectivity index (χ3n) is 4.18. The summed E-state index contributed by atoms with van der Waals surface area (Å²) in [6.07, 6.45) is 1.69. The highest BCUT2D eigenvalue weighted by molar-refractivity contribution is 5.89. The van der Waals surface area contributed by atoms with Crippen molar-refractivity contribution in [3.8, 4) is 0 Å². The van der Waals surface area contributed by atoms with E-state index < -0.39 is 0 Å². The number of nitrogens with zero attached hydrogens (tertiary/aromatic N) is 2. The van der Waals surface area contributed by atoms with E-state index in [4.69, 9.17) is 0 Å². The molecule has 1 fully saturated rings. The van der Waals surface area contributed by atoms with Crippen molar-refractivity contribution < 1.29 is 14.0 Å². The predicted molar refractivity (Wildman–Crippen MR) is 82.8 cm³/mol. The monoisotopic (exact) mass is 306 g/mol. The highest BCUT2D eigenvalue weighted by atomic mass is 19.1. The van der Waals surface area contributed by atoms with Crippen LogP contribution in [0.4, 0.5) is 4.39 Å². The molecule has 0 radical (unpaired) electrons. The first-order chi connectivity index (χ1) is 10.6. The van der Waals surface area contributed by atoms with Crippen LogP contribution in [0.1, 0.15) is 32.3 Å². The van der Waals surface area contributed by atoms with Gasteiger partial charge in [0, 0.05) is 19.6 Å². The van der Waals surface area contributed by atoms with E-state index in [0.29, 0.717) is 31.6 Å². The van der Waals surface area contributed by atoms with E-state index in [9.17, 15) is 14.0 Å². The van der Waals surface area contributed by atoms with Gasteiger partial charge >= 0.3 is 0 Å². The largest absolute Gasteiger partial charge is 0.341 e. The van der Waals surface area contributed by atoms with Gasteiger partial charge in [-0.15, -0.1) is 0 Å². The predicted octanol–water partition coefficient (Wildman–Crippen LogP) is 2.23. The normalized spacial score (nSPS) is 17.6. The molecule has 0 aromatic heterocycles. The van der Waals surface area contributed by atoms with Crippen molar-refractivity contribution in [2.75, 3.05) is 19.6 Å². The van der Waals surface area contributed by atoms with Gasteiger partial charge in [-0.3, -0.25) is 9.59 Å². The lowest BCUT2D eigenvalue weighted by Crippen LogP contribution is -2.48. The topological polar surface area (TPSA) is 40.6 Å². The number of rotatable bonds is 5. The van der Waals surface area contributed by atoms with Crippen LogP contribution in [-0.4, -0.2) is 47.3 Å². The summed E-state index contributed by atoms with van der Waals surface area (Å²) in [5.41, 5.74) is 0.644. The number of hydrogen-bond acceptors (Lipinski definition) is 2. The minimum absolute atomic E-state index is 0.0232. The van der Waals surface area contributed by atoms with Crippen molar-refractivity contribution in [2.24, 2.45) is 0 Å². The lowest BCUT2D eigenvalue weighted by molar-refractivity contribution is -0.143. The first kappa shape index (κ1) is 16.5. The Morgan fingerprint density at radius 3 is 2.68 bits per heavy atom. The van der Waals surface area contributed by atoms with Crippen LogP contribution in [0, 0.1) is 5.82 Å². The van der Waals surface area contributed by atoms with E-state index in [2.05, 4.69) is 0 Å². The fourth-order valence-electron chi connectivity index (χ4n) is 2.99. The van der Waals surface area contributed by atoms with E-state index in [1.165, 1.54) is 12.1 Å². The lowest BCUT2D eigenvalue weighted by Gasteiger charge is -2.29. The number of amides is 2. The van der Waals surface area contributed by atoms with Gasteiger partial charge in [-0.05, 0) is 44.4 Å². The Morgan fingerprint density at radius 2 is 2.05 bits per heavy atom. The van der Waals surface area contributed by atoms with Crippen LogP contribution in [0.5, 0.6) is 0 Å². The fraction of sp³-hybridized carbons (Fsp3) is 0.529. The molecule has 5 heteroatoms. The maximum absolute atomic E-state index is 13.2. The molecule has 120 valence electrons. The Hall–Kier alpha value is -1.91. The molecule has 2 amide bonds. The zero-order chi connectivity index (χ0) is 16.1. The number of carbonyl (C=O) groups is 2. The second-order valence-corrected chi connectivity index (χ2v) is 5.56. The first-order valence-corrected chi connectivity index (χ1v) is 7.89. The number of hydrogen-bond donors (Lipinski definition) is 0. The van der Waals surface area contributed by atoms with Gasteiger partial charge in [0.2, 0.25) is 11.8 Å². The van der Waals surface area contributed by atoms with Crippen molar-refractivity contribution in [3.63, 3.8) is 0 Å². The molecule has 2 rings (SSSR count). The summed E-state index contributed by atoms with van der Waals surface area (Å²) in [5, 5.41) is 0. The van der Waals surface area contributed by atoms with Crippen LogP contribution < -0.4 is 0 Å². The molecule has 1 aliphatic rings. The van der Waals surface area contributed by atoms with E-state index in [0.717, 1.165) is 6.42 Å². The van der Waals surface area contributed by atoms with E-state index in [1.807, 2.05) is 13.8 Å². The molecule has 0 aliphatic carbocycles. The van der Waals surface area contributed by atoms with E-state index in [-0.39, 0.29) is 30.1 Å². The number of halogens is 1. The first-order valence-electron chi connectivity index (χ1n) is 7.89. The Labute approximate surface area is 130 Å². The molecule has 1 aromatic carbocycles. The zero-order valence-electron chi connectivity index (χ0n) is 13.2. The molecule has 1 heterocycles. The minimum atomic E-state index is -0.360. The van der Waals surface area contributed by atoms with Gasteiger partial charge in [0.15, 0.2) is 0 Å². The average molecular weight is 306 g/mol. The number of benzene rings is 1. The van der Waals surface area contributed by atoms with Crippen LogP contribution >= 0.6 is 0 Å². The zero-order valence-corrected chi connectivity index (χ0v) is 13.2. The Bertz CT molecular complexity index is 543. The molecular formula is C17H23FN2O2. The highest BCUT2D eigenvalue weighted by Crippen LogP contribution is 2.21. The third-order valence-corrected chi connectivity index (χ3v) is 4.18. The molecule has 0 bridgehead atoms. The summed E-state index contributed by atoms with van der Waals surface area (Å²) in [6.45, 7) is 5.78. The maximum Gasteiger partial charge on any atom is 0.245 e. The summed E-state index contributed by atoms with van der Waals surface area (Å²) in [7, 11) is 0. The number of likely N-dealkylation sites (N-methyl/N-ethyl adjacent to an activating group) is 1. The van der Waals surface area contributed by atoms with Crippen molar-refractivity contribution in [3.05, 3.63) is 35.6 Å². The fourth-order valence-corrected chi connectivity index (χ4v) is 2.99. The maximum atomic E-state index is 13.2. The van der Waals surface area contributed by atoms with Crippen molar-refractivity contribution in [2.45, 2.75) is 39.2 Å². The summed E-state index contributed by atoms with van der Waals surface area (Å²) >= 11 is 0. The molecule has 1 atom stereocenters. The molecule has 0 N–H and O–H groups in total. The third kappa shape index (κ3) is 3.64. The number of carbonyl (C=O) groups excluding carboxylic acids is 2. The van der Waals surface area contributed by atoms with Gasteiger partial charge in [0.1, 0.15) is 11.9 Å². The summed E-state index contributed by atoms with van der Waals surface area (Å²) in [5.74, 6) is -0.425. The molecule has 1 aromatic rings. The second kappa shape index (κ2) is 7.38. The smallest absolute Gasteiger partial charge is 0.245 e. The van der Waals surface area contributed by atoms with Crippen LogP contribution in [0.15, 0.2) is 24.3 Å². The quantitative estimate of drug-likeness (QED) is 0.837. The van der Waals surface area contributed by atoms with Gasteiger partial charge in [-0.1, -0.05) is 12.1 Å². The summed E-state index contributed by atoms with van der Waals surface area (Å²) < 4.78 is 13.2. The molecule has 4 nitrogen and oxygen atoms in total. The van der Waals surface area contributed by atoms with Crippen LogP contribution in [0.25, 0.3) is 0 Å². The van der Waals surface area contributed by atoms with Crippen LogP contribution in [0.2, 0.25) is 0 Å². The Kier molecular flexibility index (Phi) is 5.52. The second-order valence-electron chi connectivity index (χ2n) is 5.56. The van der Waals surface area contributed by atoms with Crippen LogP contribution in [0.3, 0.4) is 0 Å². The van der Waals surface area contributed by atoms with E-state index >= 15 is 0 Å². The van der Waals surface area contributed by atoms with Crippen molar-refractivity contribution in [1.29, 1.82) is 0 Å². The van der Waals surface area contributed by atoms with Crippen molar-refractivity contribution >= 4 is 11.8 Å². The van der Waals surface area contributed by atoms with Crippen molar-refractivity contribution in [1.82, 2.24) is 9.80 Å².